The predicted octanol–water partition coefficient (Wildman–Crippen LogP) is 5.94. The first-order chi connectivity index (χ1) is 11.7. The van der Waals surface area contributed by atoms with Gasteiger partial charge in [-0.2, -0.15) is 0 Å². The van der Waals surface area contributed by atoms with Crippen LogP contribution in [0.4, 0.5) is 0 Å². The fraction of sp³-hybridized carbons (Fsp3) is 0.0455. The van der Waals surface area contributed by atoms with Crippen LogP contribution in [0, 0.1) is 0 Å². The Morgan fingerprint density at radius 2 is 1.42 bits per heavy atom. The highest BCUT2D eigenvalue weighted by molar-refractivity contribution is 9.10. The highest BCUT2D eigenvalue weighted by Crippen LogP contribution is 2.14. The Kier molecular flexibility index (Phi) is 5.39. The molecule has 0 bridgehead atoms. The zero-order valence-electron chi connectivity index (χ0n) is 13.2. The van der Waals surface area contributed by atoms with E-state index >= 15 is 0 Å². The molecule has 0 unspecified atom stereocenters. The minimum absolute atomic E-state index is 0.0178. The Labute approximate surface area is 150 Å². The van der Waals surface area contributed by atoms with Gasteiger partial charge in [0.1, 0.15) is 0 Å². The largest absolute Gasteiger partial charge is 0.289 e. The molecule has 0 aliphatic heterocycles. The molecule has 24 heavy (non-hydrogen) atoms. The summed E-state index contributed by atoms with van der Waals surface area (Å²) in [6.45, 7) is 0. The zero-order chi connectivity index (χ0) is 16.8. The van der Waals surface area contributed by atoms with Crippen LogP contribution >= 0.6 is 15.9 Å². The molecule has 0 saturated carbocycles. The normalized spacial score (nSPS) is 10.9. The van der Waals surface area contributed by atoms with Crippen molar-refractivity contribution in [3.05, 3.63) is 112 Å². The summed E-state index contributed by atoms with van der Waals surface area (Å²) < 4.78 is 1.03. The lowest BCUT2D eigenvalue weighted by Crippen LogP contribution is -1.95. The molecule has 0 radical (unpaired) electrons. The van der Waals surface area contributed by atoms with E-state index in [2.05, 4.69) is 28.1 Å². The van der Waals surface area contributed by atoms with E-state index in [0.717, 1.165) is 16.5 Å². The lowest BCUT2D eigenvalue weighted by atomic mass is 10.0. The Hall–Kier alpha value is -2.45. The number of rotatable bonds is 5. The Morgan fingerprint density at radius 3 is 2.08 bits per heavy atom. The second-order valence-electron chi connectivity index (χ2n) is 5.61. The molecule has 0 aliphatic carbocycles. The second-order valence-corrected chi connectivity index (χ2v) is 6.52. The van der Waals surface area contributed by atoms with Crippen LogP contribution < -0.4 is 0 Å². The topological polar surface area (TPSA) is 17.1 Å². The maximum atomic E-state index is 12.3. The van der Waals surface area contributed by atoms with Gasteiger partial charge in [0.15, 0.2) is 5.78 Å². The maximum Gasteiger partial charge on any atom is 0.185 e. The Balaban J connectivity index is 1.66. The molecule has 3 aromatic carbocycles. The van der Waals surface area contributed by atoms with Crippen LogP contribution in [-0.2, 0) is 6.42 Å². The van der Waals surface area contributed by atoms with E-state index in [1.54, 1.807) is 6.08 Å². The van der Waals surface area contributed by atoms with Crippen molar-refractivity contribution in [2.75, 3.05) is 0 Å². The quantitative estimate of drug-likeness (QED) is 0.398. The summed E-state index contributed by atoms with van der Waals surface area (Å²) in [6, 6.07) is 26.0. The average Bonchev–Trinajstić information content (AvgIpc) is 2.62. The average molecular weight is 377 g/mol. The van der Waals surface area contributed by atoms with Crippen LogP contribution in [0.3, 0.4) is 0 Å². The number of ketones is 1. The standard InChI is InChI=1S/C22H17BrO/c23-21-13-8-17(9-14-21)10-15-22(24)20-11-6-19(7-12-20)16-18-4-2-1-3-5-18/h1-15H,16H2. The lowest BCUT2D eigenvalue weighted by Gasteiger charge is -2.03. The number of carbonyl (C=O) groups is 1. The van der Waals surface area contributed by atoms with E-state index in [1.165, 1.54) is 11.1 Å². The van der Waals surface area contributed by atoms with Crippen molar-refractivity contribution in [1.82, 2.24) is 0 Å². The van der Waals surface area contributed by atoms with Gasteiger partial charge in [-0.1, -0.05) is 88.7 Å². The molecule has 0 aliphatic rings. The van der Waals surface area contributed by atoms with Crippen LogP contribution in [0.5, 0.6) is 0 Å². The summed E-state index contributed by atoms with van der Waals surface area (Å²) in [7, 11) is 0. The molecule has 0 atom stereocenters. The van der Waals surface area contributed by atoms with Gasteiger partial charge < -0.3 is 0 Å². The molecule has 118 valence electrons. The molecule has 0 fully saturated rings. The fourth-order valence-corrected chi connectivity index (χ4v) is 2.72. The van der Waals surface area contributed by atoms with Crippen LogP contribution in [0.2, 0.25) is 0 Å². The van der Waals surface area contributed by atoms with Gasteiger partial charge in [0.05, 0.1) is 0 Å². The molecule has 3 aromatic rings. The first-order valence-electron chi connectivity index (χ1n) is 7.81. The van der Waals surface area contributed by atoms with Crippen molar-refractivity contribution in [2.45, 2.75) is 6.42 Å². The summed E-state index contributed by atoms with van der Waals surface area (Å²) in [4.78, 5) is 12.3. The molecule has 0 aromatic heterocycles. The fourth-order valence-electron chi connectivity index (χ4n) is 2.46. The van der Waals surface area contributed by atoms with Crippen molar-refractivity contribution >= 4 is 27.8 Å². The first kappa shape index (κ1) is 16.4. The van der Waals surface area contributed by atoms with E-state index in [4.69, 9.17) is 0 Å². The Bertz CT molecular complexity index is 831. The third-order valence-corrected chi connectivity index (χ3v) is 4.32. The van der Waals surface area contributed by atoms with Gasteiger partial charge in [-0.3, -0.25) is 4.79 Å². The molecule has 2 heteroatoms. The first-order valence-corrected chi connectivity index (χ1v) is 8.61. The molecule has 1 nitrogen and oxygen atoms in total. The third-order valence-electron chi connectivity index (χ3n) is 3.79. The number of allylic oxidation sites excluding steroid dienone is 1. The van der Waals surface area contributed by atoms with E-state index in [1.807, 2.05) is 72.8 Å². The summed E-state index contributed by atoms with van der Waals surface area (Å²) in [6.07, 6.45) is 4.34. The smallest absolute Gasteiger partial charge is 0.185 e. The molecular formula is C22H17BrO. The maximum absolute atomic E-state index is 12.3. The van der Waals surface area contributed by atoms with Crippen molar-refractivity contribution in [1.29, 1.82) is 0 Å². The molecule has 3 rings (SSSR count). The Morgan fingerprint density at radius 1 is 0.792 bits per heavy atom. The van der Waals surface area contributed by atoms with E-state index < -0.39 is 0 Å². The number of carbonyl (C=O) groups excluding carboxylic acids is 1. The lowest BCUT2D eigenvalue weighted by molar-refractivity contribution is 0.104. The second kappa shape index (κ2) is 7.89. The molecule has 0 saturated heterocycles. The summed E-state index contributed by atoms with van der Waals surface area (Å²) >= 11 is 3.40. The van der Waals surface area contributed by atoms with E-state index in [0.29, 0.717) is 5.56 Å². The molecular weight excluding hydrogens is 360 g/mol. The minimum Gasteiger partial charge on any atom is -0.289 e. The number of benzene rings is 3. The van der Waals surface area contributed by atoms with Gasteiger partial charge in [0.25, 0.3) is 0 Å². The number of hydrogen-bond acceptors (Lipinski definition) is 1. The summed E-state index contributed by atoms with van der Waals surface area (Å²) in [5.41, 5.74) is 4.19. The summed E-state index contributed by atoms with van der Waals surface area (Å²) in [5.74, 6) is 0.0178. The van der Waals surface area contributed by atoms with Gasteiger partial charge in [-0.05, 0) is 41.3 Å². The molecule has 0 heterocycles. The highest BCUT2D eigenvalue weighted by Gasteiger charge is 2.02. The van der Waals surface area contributed by atoms with Gasteiger partial charge in [-0.25, -0.2) is 0 Å². The monoisotopic (exact) mass is 376 g/mol. The van der Waals surface area contributed by atoms with Crippen molar-refractivity contribution in [3.8, 4) is 0 Å². The van der Waals surface area contributed by atoms with Crippen molar-refractivity contribution in [2.24, 2.45) is 0 Å². The third kappa shape index (κ3) is 4.53. The zero-order valence-corrected chi connectivity index (χ0v) is 14.7. The van der Waals surface area contributed by atoms with Crippen molar-refractivity contribution < 1.29 is 4.79 Å². The molecule has 0 N–H and O–H groups in total. The molecule has 0 spiro atoms. The predicted molar refractivity (Wildman–Crippen MR) is 103 cm³/mol. The van der Waals surface area contributed by atoms with Crippen molar-refractivity contribution in [3.63, 3.8) is 0 Å². The SMILES string of the molecule is O=C(C=Cc1ccc(Br)cc1)c1ccc(Cc2ccccc2)cc1. The van der Waals surface area contributed by atoms with Gasteiger partial charge in [0.2, 0.25) is 0 Å². The van der Waals surface area contributed by atoms with Crippen LogP contribution in [0.25, 0.3) is 6.08 Å². The van der Waals surface area contributed by atoms with Gasteiger partial charge in [-0.15, -0.1) is 0 Å². The summed E-state index contributed by atoms with van der Waals surface area (Å²) in [5, 5.41) is 0. The van der Waals surface area contributed by atoms with Crippen LogP contribution in [0.1, 0.15) is 27.0 Å². The van der Waals surface area contributed by atoms with Gasteiger partial charge in [0, 0.05) is 10.0 Å². The van der Waals surface area contributed by atoms with E-state index in [-0.39, 0.29) is 5.78 Å². The van der Waals surface area contributed by atoms with Gasteiger partial charge >= 0.3 is 0 Å². The highest BCUT2D eigenvalue weighted by atomic mass is 79.9. The molecule has 0 amide bonds. The van der Waals surface area contributed by atoms with Crippen LogP contribution in [-0.4, -0.2) is 5.78 Å². The number of hydrogen-bond donors (Lipinski definition) is 0. The van der Waals surface area contributed by atoms with Crippen LogP contribution in [0.15, 0.2) is 89.4 Å². The minimum atomic E-state index is 0.0178. The number of halogens is 1. The van der Waals surface area contributed by atoms with E-state index in [9.17, 15) is 4.79 Å².